The fourth-order valence-corrected chi connectivity index (χ4v) is 1.19. The zero-order chi connectivity index (χ0) is 11.4. The van der Waals surface area contributed by atoms with Gasteiger partial charge in [0.25, 0.3) is 5.91 Å². The fourth-order valence-electron chi connectivity index (χ4n) is 0.997. The monoisotopic (exact) mass is 228 g/mol. The van der Waals surface area contributed by atoms with Gasteiger partial charge in [-0.05, 0) is 12.1 Å². The van der Waals surface area contributed by atoms with E-state index in [0.29, 0.717) is 10.8 Å². The zero-order valence-corrected chi connectivity index (χ0v) is 9.59. The fraction of sp³-hybridized carbons (Fsp3) is 0.333. The Labute approximate surface area is 93.4 Å². The quantitative estimate of drug-likeness (QED) is 0.758. The van der Waals surface area contributed by atoms with Gasteiger partial charge in [0.15, 0.2) is 5.69 Å². The van der Waals surface area contributed by atoms with Crippen molar-refractivity contribution in [3.8, 4) is 0 Å². The number of pyridine rings is 1. The summed E-state index contributed by atoms with van der Waals surface area (Å²) < 4.78 is 0. The van der Waals surface area contributed by atoms with Crippen LogP contribution < -0.4 is 10.7 Å². The minimum atomic E-state index is -0.331. The normalized spacial score (nSPS) is 10.2. The maximum absolute atomic E-state index is 11.6. The van der Waals surface area contributed by atoms with Gasteiger partial charge in [-0.1, -0.05) is 11.6 Å². The van der Waals surface area contributed by atoms with E-state index in [2.05, 4.69) is 15.7 Å². The first-order valence-corrected chi connectivity index (χ1v) is 4.75. The van der Waals surface area contributed by atoms with Crippen molar-refractivity contribution >= 4 is 23.3 Å². The molecule has 0 aliphatic rings. The standard InChI is InChI=1S/C9H13ClN4O/c1-11-7-5-4-6(10)8(12-7)9(15)13-14(2)3/h4-5H,1-3H3,(H,11,12)(H,13,15). The Bertz CT molecular complexity index is 367. The minimum absolute atomic E-state index is 0.206. The molecular weight excluding hydrogens is 216 g/mol. The van der Waals surface area contributed by atoms with E-state index in [1.54, 1.807) is 33.3 Å². The van der Waals surface area contributed by atoms with Crippen LogP contribution in [0.3, 0.4) is 0 Å². The van der Waals surface area contributed by atoms with E-state index in [1.165, 1.54) is 5.01 Å². The second kappa shape index (κ2) is 4.95. The molecule has 2 N–H and O–H groups in total. The number of halogens is 1. The Kier molecular flexibility index (Phi) is 3.88. The second-order valence-corrected chi connectivity index (χ2v) is 3.52. The highest BCUT2D eigenvalue weighted by molar-refractivity contribution is 6.33. The lowest BCUT2D eigenvalue weighted by Crippen LogP contribution is -2.36. The van der Waals surface area contributed by atoms with Crippen LogP contribution in [0.2, 0.25) is 5.02 Å². The molecule has 1 rings (SSSR count). The molecule has 1 amide bonds. The maximum atomic E-state index is 11.6. The van der Waals surface area contributed by atoms with Crippen molar-refractivity contribution < 1.29 is 4.79 Å². The Balaban J connectivity index is 2.96. The van der Waals surface area contributed by atoms with E-state index in [1.807, 2.05) is 0 Å². The van der Waals surface area contributed by atoms with Gasteiger partial charge in [-0.2, -0.15) is 0 Å². The number of amides is 1. The summed E-state index contributed by atoms with van der Waals surface area (Å²) >= 11 is 5.86. The Morgan fingerprint density at radius 2 is 2.13 bits per heavy atom. The number of carbonyl (C=O) groups is 1. The molecule has 0 atom stereocenters. The first kappa shape index (κ1) is 11.7. The summed E-state index contributed by atoms with van der Waals surface area (Å²) in [6.45, 7) is 0. The van der Waals surface area contributed by atoms with Gasteiger partial charge >= 0.3 is 0 Å². The molecule has 1 aromatic rings. The molecule has 1 heterocycles. The average Bonchev–Trinajstić information content (AvgIpc) is 2.17. The summed E-state index contributed by atoms with van der Waals surface area (Å²) in [6.07, 6.45) is 0. The molecule has 0 spiro atoms. The molecule has 0 aliphatic heterocycles. The second-order valence-electron chi connectivity index (χ2n) is 3.11. The van der Waals surface area contributed by atoms with E-state index < -0.39 is 0 Å². The van der Waals surface area contributed by atoms with Crippen molar-refractivity contribution in [1.29, 1.82) is 0 Å². The van der Waals surface area contributed by atoms with Crippen molar-refractivity contribution in [2.45, 2.75) is 0 Å². The van der Waals surface area contributed by atoms with Gasteiger partial charge in [0.1, 0.15) is 5.82 Å². The maximum Gasteiger partial charge on any atom is 0.285 e. The van der Waals surface area contributed by atoms with Crippen LogP contribution in [0, 0.1) is 0 Å². The lowest BCUT2D eigenvalue weighted by molar-refractivity contribution is 0.0852. The van der Waals surface area contributed by atoms with Crippen LogP contribution in [0.1, 0.15) is 10.5 Å². The van der Waals surface area contributed by atoms with Gasteiger partial charge in [0, 0.05) is 21.1 Å². The molecule has 0 bridgehead atoms. The third-order valence-corrected chi connectivity index (χ3v) is 1.95. The third-order valence-electron chi connectivity index (χ3n) is 1.64. The predicted molar refractivity (Wildman–Crippen MR) is 59.9 cm³/mol. The van der Waals surface area contributed by atoms with E-state index in [4.69, 9.17) is 11.6 Å². The summed E-state index contributed by atoms with van der Waals surface area (Å²) in [7, 11) is 5.16. The number of nitrogens with one attached hydrogen (secondary N) is 2. The number of hydrazine groups is 1. The molecule has 0 aromatic carbocycles. The Morgan fingerprint density at radius 3 is 2.67 bits per heavy atom. The molecule has 0 radical (unpaired) electrons. The van der Waals surface area contributed by atoms with Crippen LogP contribution in [0.25, 0.3) is 0 Å². The highest BCUT2D eigenvalue weighted by Gasteiger charge is 2.13. The molecule has 15 heavy (non-hydrogen) atoms. The SMILES string of the molecule is CNc1ccc(Cl)c(C(=O)NN(C)C)n1. The van der Waals surface area contributed by atoms with E-state index in [0.717, 1.165) is 0 Å². The summed E-state index contributed by atoms with van der Waals surface area (Å²) in [5.41, 5.74) is 2.78. The molecule has 0 aliphatic carbocycles. The topological polar surface area (TPSA) is 57.3 Å². The Hall–Kier alpha value is -1.33. The minimum Gasteiger partial charge on any atom is -0.373 e. The Morgan fingerprint density at radius 1 is 1.47 bits per heavy atom. The third kappa shape index (κ3) is 3.07. The first-order valence-electron chi connectivity index (χ1n) is 4.37. The van der Waals surface area contributed by atoms with Gasteiger partial charge in [0.2, 0.25) is 0 Å². The molecule has 6 heteroatoms. The molecular formula is C9H13ClN4O. The van der Waals surface area contributed by atoms with Gasteiger partial charge < -0.3 is 5.32 Å². The zero-order valence-electron chi connectivity index (χ0n) is 8.84. The number of aromatic nitrogens is 1. The average molecular weight is 229 g/mol. The predicted octanol–water partition coefficient (Wildman–Crippen LogP) is 0.983. The van der Waals surface area contributed by atoms with Gasteiger partial charge in [-0.25, -0.2) is 9.99 Å². The molecule has 1 aromatic heterocycles. The number of rotatable bonds is 3. The van der Waals surface area contributed by atoms with Gasteiger partial charge in [-0.15, -0.1) is 0 Å². The molecule has 0 fully saturated rings. The van der Waals surface area contributed by atoms with E-state index in [-0.39, 0.29) is 11.6 Å². The van der Waals surface area contributed by atoms with Crippen molar-refractivity contribution in [2.24, 2.45) is 0 Å². The summed E-state index contributed by atoms with van der Waals surface area (Å²) in [4.78, 5) is 15.7. The van der Waals surface area contributed by atoms with Crippen molar-refractivity contribution in [1.82, 2.24) is 15.4 Å². The lowest BCUT2D eigenvalue weighted by Gasteiger charge is -2.12. The van der Waals surface area contributed by atoms with Gasteiger partial charge in [-0.3, -0.25) is 10.2 Å². The van der Waals surface area contributed by atoms with Crippen LogP contribution >= 0.6 is 11.6 Å². The molecule has 0 saturated heterocycles. The van der Waals surface area contributed by atoms with Gasteiger partial charge in [0.05, 0.1) is 5.02 Å². The first-order chi connectivity index (χ1) is 7.04. The number of anilines is 1. The smallest absolute Gasteiger partial charge is 0.285 e. The van der Waals surface area contributed by atoms with E-state index >= 15 is 0 Å². The molecule has 0 unspecified atom stereocenters. The largest absolute Gasteiger partial charge is 0.373 e. The summed E-state index contributed by atoms with van der Waals surface area (Å²) in [6, 6.07) is 3.33. The molecule has 82 valence electrons. The number of carbonyl (C=O) groups excluding carboxylic acids is 1. The van der Waals surface area contributed by atoms with Crippen LogP contribution in [-0.2, 0) is 0 Å². The van der Waals surface area contributed by atoms with Crippen LogP contribution in [0.5, 0.6) is 0 Å². The molecule has 5 nitrogen and oxygen atoms in total. The number of nitrogens with zero attached hydrogens (tertiary/aromatic N) is 2. The number of hydrogen-bond donors (Lipinski definition) is 2. The summed E-state index contributed by atoms with van der Waals surface area (Å²) in [5.74, 6) is 0.269. The highest BCUT2D eigenvalue weighted by Crippen LogP contribution is 2.16. The highest BCUT2D eigenvalue weighted by atomic mass is 35.5. The van der Waals surface area contributed by atoms with Crippen molar-refractivity contribution in [3.05, 3.63) is 22.8 Å². The van der Waals surface area contributed by atoms with Crippen LogP contribution in [0.4, 0.5) is 5.82 Å². The summed E-state index contributed by atoms with van der Waals surface area (Å²) in [5, 5.41) is 4.70. The van der Waals surface area contributed by atoms with Crippen LogP contribution in [0.15, 0.2) is 12.1 Å². The van der Waals surface area contributed by atoms with Crippen LogP contribution in [-0.4, -0.2) is 37.0 Å². The lowest BCUT2D eigenvalue weighted by atomic mass is 10.3. The van der Waals surface area contributed by atoms with Crippen molar-refractivity contribution in [2.75, 3.05) is 26.5 Å². The van der Waals surface area contributed by atoms with Crippen molar-refractivity contribution in [3.63, 3.8) is 0 Å². The van der Waals surface area contributed by atoms with E-state index in [9.17, 15) is 4.79 Å². The molecule has 0 saturated carbocycles. The number of hydrogen-bond acceptors (Lipinski definition) is 4.